The summed E-state index contributed by atoms with van der Waals surface area (Å²) in [6.07, 6.45) is 0. The van der Waals surface area contributed by atoms with E-state index < -0.39 is 34.3 Å². The highest BCUT2D eigenvalue weighted by molar-refractivity contribution is 7.92. The number of rotatable bonds is 11. The van der Waals surface area contributed by atoms with Crippen LogP contribution in [0, 0.1) is 25.6 Å². The summed E-state index contributed by atoms with van der Waals surface area (Å²) in [6.45, 7) is 9.22. The highest BCUT2D eigenvalue weighted by Gasteiger charge is 2.32. The molecule has 0 saturated heterocycles. The first-order valence-corrected chi connectivity index (χ1v) is 14.3. The van der Waals surface area contributed by atoms with Gasteiger partial charge in [-0.15, -0.1) is 0 Å². The monoisotopic (exact) mass is 553 g/mol. The molecule has 9 heteroatoms. The molecule has 0 spiro atoms. The normalized spacial score (nSPS) is 12.2. The van der Waals surface area contributed by atoms with Gasteiger partial charge in [0.05, 0.1) is 10.6 Å². The summed E-state index contributed by atoms with van der Waals surface area (Å²) in [5, 5.41) is 2.84. The molecule has 0 aromatic heterocycles. The van der Waals surface area contributed by atoms with Crippen molar-refractivity contribution in [3.8, 4) is 0 Å². The van der Waals surface area contributed by atoms with E-state index in [-0.39, 0.29) is 23.3 Å². The van der Waals surface area contributed by atoms with Gasteiger partial charge in [-0.2, -0.15) is 0 Å². The molecule has 3 rings (SSSR count). The Balaban J connectivity index is 2.02. The minimum Gasteiger partial charge on any atom is -0.354 e. The molecule has 0 fully saturated rings. The van der Waals surface area contributed by atoms with Crippen LogP contribution in [0.3, 0.4) is 0 Å². The Morgan fingerprint density at radius 1 is 0.897 bits per heavy atom. The lowest BCUT2D eigenvalue weighted by atomic mass is 10.1. The van der Waals surface area contributed by atoms with Crippen molar-refractivity contribution in [3.05, 3.63) is 95.3 Å². The second-order valence-corrected chi connectivity index (χ2v) is 11.9. The SMILES string of the molecule is Cc1ccc(N(CC(=O)N(Cc2ccc(F)cc2)[C@@H](C)C(=O)NCC(C)C)S(=O)(=O)c2ccccc2)cc1C. The molecule has 0 aliphatic carbocycles. The number of hydrogen-bond donors (Lipinski definition) is 1. The fraction of sp³-hybridized carbons (Fsp3) is 0.333. The predicted molar refractivity (Wildman–Crippen MR) is 151 cm³/mol. The number of hydrogen-bond acceptors (Lipinski definition) is 4. The van der Waals surface area contributed by atoms with Crippen LogP contribution >= 0.6 is 0 Å². The summed E-state index contributed by atoms with van der Waals surface area (Å²) in [7, 11) is -4.12. The van der Waals surface area contributed by atoms with Gasteiger partial charge < -0.3 is 10.2 Å². The minimum atomic E-state index is -4.12. The second kappa shape index (κ2) is 12.9. The number of carbonyl (C=O) groups excluding carboxylic acids is 2. The standard InChI is InChI=1S/C30H36FN3O4S/c1-21(2)18-32-30(36)24(5)33(19-25-12-14-26(31)15-13-25)29(35)20-34(27-16-11-22(3)23(4)17-27)39(37,38)28-9-7-6-8-10-28/h6-17,21,24H,18-20H2,1-5H3,(H,32,36)/t24-/m0/s1. The van der Waals surface area contributed by atoms with E-state index in [1.54, 1.807) is 43.3 Å². The molecule has 0 saturated carbocycles. The Bertz CT molecular complexity index is 1390. The summed E-state index contributed by atoms with van der Waals surface area (Å²) >= 11 is 0. The molecule has 3 aromatic rings. The van der Waals surface area contributed by atoms with Gasteiger partial charge in [0.1, 0.15) is 18.4 Å². The lowest BCUT2D eigenvalue weighted by molar-refractivity contribution is -0.139. The molecule has 0 aliphatic heterocycles. The molecule has 2 amide bonds. The number of amides is 2. The number of benzene rings is 3. The van der Waals surface area contributed by atoms with Crippen LogP contribution in [-0.2, 0) is 26.2 Å². The van der Waals surface area contributed by atoms with Crippen LogP contribution in [-0.4, -0.2) is 44.3 Å². The first-order valence-electron chi connectivity index (χ1n) is 12.9. The second-order valence-electron chi connectivity index (χ2n) is 10.1. The minimum absolute atomic E-state index is 0.00152. The van der Waals surface area contributed by atoms with Gasteiger partial charge in [-0.05, 0) is 79.8 Å². The maximum Gasteiger partial charge on any atom is 0.264 e. The van der Waals surface area contributed by atoms with E-state index >= 15 is 0 Å². The van der Waals surface area contributed by atoms with E-state index in [1.165, 1.54) is 41.3 Å². The van der Waals surface area contributed by atoms with Crippen molar-refractivity contribution in [1.82, 2.24) is 10.2 Å². The molecule has 39 heavy (non-hydrogen) atoms. The Kier molecular flexibility index (Phi) is 9.86. The maximum absolute atomic E-state index is 13.9. The molecule has 0 bridgehead atoms. The molecule has 3 aromatic carbocycles. The largest absolute Gasteiger partial charge is 0.354 e. The zero-order valence-electron chi connectivity index (χ0n) is 23.0. The van der Waals surface area contributed by atoms with Gasteiger partial charge in [0.2, 0.25) is 11.8 Å². The van der Waals surface area contributed by atoms with Gasteiger partial charge in [-0.1, -0.05) is 50.2 Å². The Labute approximate surface area is 230 Å². The van der Waals surface area contributed by atoms with Crippen molar-refractivity contribution in [3.63, 3.8) is 0 Å². The number of carbonyl (C=O) groups is 2. The predicted octanol–water partition coefficient (Wildman–Crippen LogP) is 4.83. The van der Waals surface area contributed by atoms with Gasteiger partial charge in [-0.25, -0.2) is 12.8 Å². The van der Waals surface area contributed by atoms with E-state index in [4.69, 9.17) is 0 Å². The first kappa shape index (κ1) is 29.8. The Hall–Kier alpha value is -3.72. The molecule has 1 N–H and O–H groups in total. The molecule has 0 heterocycles. The molecule has 0 aliphatic rings. The highest BCUT2D eigenvalue weighted by atomic mass is 32.2. The van der Waals surface area contributed by atoms with Crippen LogP contribution < -0.4 is 9.62 Å². The van der Waals surface area contributed by atoms with Crippen LogP contribution in [0.4, 0.5) is 10.1 Å². The van der Waals surface area contributed by atoms with Gasteiger partial charge >= 0.3 is 0 Å². The van der Waals surface area contributed by atoms with Crippen molar-refractivity contribution in [2.24, 2.45) is 5.92 Å². The summed E-state index contributed by atoms with van der Waals surface area (Å²) in [5.74, 6) is -1.14. The average molecular weight is 554 g/mol. The molecule has 208 valence electrons. The van der Waals surface area contributed by atoms with E-state index in [0.29, 0.717) is 17.8 Å². The molecular formula is C30H36FN3O4S. The van der Waals surface area contributed by atoms with Crippen molar-refractivity contribution in [2.75, 3.05) is 17.4 Å². The smallest absolute Gasteiger partial charge is 0.264 e. The van der Waals surface area contributed by atoms with Gasteiger partial charge in [-0.3, -0.25) is 13.9 Å². The van der Waals surface area contributed by atoms with E-state index in [0.717, 1.165) is 15.4 Å². The van der Waals surface area contributed by atoms with Crippen molar-refractivity contribution >= 4 is 27.5 Å². The third-order valence-electron chi connectivity index (χ3n) is 6.51. The van der Waals surface area contributed by atoms with Crippen LogP contribution in [0.2, 0.25) is 0 Å². The van der Waals surface area contributed by atoms with Crippen LogP contribution in [0.1, 0.15) is 37.5 Å². The number of halogens is 1. The van der Waals surface area contributed by atoms with Crippen LogP contribution in [0.5, 0.6) is 0 Å². The molecular weight excluding hydrogens is 517 g/mol. The summed E-state index contributed by atoms with van der Waals surface area (Å²) in [6, 6.07) is 17.8. The topological polar surface area (TPSA) is 86.8 Å². The Morgan fingerprint density at radius 3 is 2.13 bits per heavy atom. The quantitative estimate of drug-likeness (QED) is 0.369. The Morgan fingerprint density at radius 2 is 1.54 bits per heavy atom. The number of sulfonamides is 1. The van der Waals surface area contributed by atoms with E-state index in [2.05, 4.69) is 5.32 Å². The number of nitrogens with zero attached hydrogens (tertiary/aromatic N) is 2. The molecule has 0 radical (unpaired) electrons. The zero-order chi connectivity index (χ0) is 28.7. The van der Waals surface area contributed by atoms with E-state index in [9.17, 15) is 22.4 Å². The summed E-state index contributed by atoms with van der Waals surface area (Å²) in [4.78, 5) is 28.3. The first-order chi connectivity index (χ1) is 18.4. The number of nitrogens with one attached hydrogen (secondary N) is 1. The lowest BCUT2D eigenvalue weighted by Gasteiger charge is -2.32. The fourth-order valence-electron chi connectivity index (χ4n) is 3.95. The van der Waals surface area contributed by atoms with Crippen LogP contribution in [0.25, 0.3) is 0 Å². The average Bonchev–Trinajstić information content (AvgIpc) is 2.91. The van der Waals surface area contributed by atoms with Gasteiger partial charge in [0.15, 0.2) is 0 Å². The highest BCUT2D eigenvalue weighted by Crippen LogP contribution is 2.26. The van der Waals surface area contributed by atoms with Crippen molar-refractivity contribution in [2.45, 2.75) is 52.1 Å². The summed E-state index contributed by atoms with van der Waals surface area (Å²) in [5.41, 5.74) is 2.80. The molecule has 7 nitrogen and oxygen atoms in total. The van der Waals surface area contributed by atoms with E-state index in [1.807, 2.05) is 27.7 Å². The molecule has 0 unspecified atom stereocenters. The maximum atomic E-state index is 13.9. The fourth-order valence-corrected chi connectivity index (χ4v) is 5.38. The zero-order valence-corrected chi connectivity index (χ0v) is 23.8. The van der Waals surface area contributed by atoms with Gasteiger partial charge in [0, 0.05) is 13.1 Å². The summed E-state index contributed by atoms with van der Waals surface area (Å²) < 4.78 is 42.2. The van der Waals surface area contributed by atoms with Crippen molar-refractivity contribution in [1.29, 1.82) is 0 Å². The third kappa shape index (κ3) is 7.66. The van der Waals surface area contributed by atoms with Crippen molar-refractivity contribution < 1.29 is 22.4 Å². The third-order valence-corrected chi connectivity index (χ3v) is 8.29. The number of anilines is 1. The van der Waals surface area contributed by atoms with Gasteiger partial charge in [0.25, 0.3) is 10.0 Å². The van der Waals surface area contributed by atoms with Crippen LogP contribution in [0.15, 0.2) is 77.7 Å². The number of aryl methyl sites for hydroxylation is 2. The molecule has 1 atom stereocenters. The lowest BCUT2D eigenvalue weighted by Crippen LogP contribution is -2.51.